The van der Waals surface area contributed by atoms with Gasteiger partial charge in [-0.1, -0.05) is 6.92 Å². The molecule has 0 aromatic rings. The van der Waals surface area contributed by atoms with Crippen LogP contribution in [0.25, 0.3) is 0 Å². The van der Waals surface area contributed by atoms with Gasteiger partial charge in [-0.2, -0.15) is 5.26 Å². The van der Waals surface area contributed by atoms with Crippen LogP contribution in [0.2, 0.25) is 0 Å². The van der Waals surface area contributed by atoms with Crippen molar-refractivity contribution in [3.05, 3.63) is 0 Å². The molecule has 3 aliphatic rings. The number of rotatable bonds is 6. The fourth-order valence-electron chi connectivity index (χ4n) is 4.20. The van der Waals surface area contributed by atoms with Gasteiger partial charge in [-0.15, -0.1) is 0 Å². The van der Waals surface area contributed by atoms with Crippen LogP contribution in [0.15, 0.2) is 0 Å². The fraction of sp³-hybridized carbons (Fsp3) is 0.842. The molecule has 2 aliphatic carbocycles. The summed E-state index contributed by atoms with van der Waals surface area (Å²) in [5.41, 5.74) is -1.04. The number of hydrogen-bond acceptors (Lipinski definition) is 6. The van der Waals surface area contributed by atoms with E-state index in [4.69, 9.17) is 14.2 Å². The third-order valence-electron chi connectivity index (χ3n) is 6.38. The Balaban J connectivity index is 1.58. The van der Waals surface area contributed by atoms with Crippen LogP contribution in [0.4, 0.5) is 0 Å². The van der Waals surface area contributed by atoms with Gasteiger partial charge in [0.1, 0.15) is 6.10 Å². The second kappa shape index (κ2) is 6.60. The highest BCUT2D eigenvalue weighted by Crippen LogP contribution is 2.57. The Morgan fingerprint density at radius 3 is 2.72 bits per heavy atom. The molecule has 6 nitrogen and oxygen atoms in total. The molecule has 1 saturated heterocycles. The highest BCUT2D eigenvalue weighted by atomic mass is 16.6. The van der Waals surface area contributed by atoms with E-state index in [1.807, 2.05) is 20.8 Å². The molecule has 0 amide bonds. The summed E-state index contributed by atoms with van der Waals surface area (Å²) in [5, 5.41) is 9.76. The second-order valence-corrected chi connectivity index (χ2v) is 8.34. The van der Waals surface area contributed by atoms with Gasteiger partial charge >= 0.3 is 11.9 Å². The third kappa shape index (κ3) is 3.27. The quantitative estimate of drug-likeness (QED) is 0.685. The van der Waals surface area contributed by atoms with E-state index in [0.717, 1.165) is 12.8 Å². The minimum Gasteiger partial charge on any atom is -0.464 e. The molecule has 2 bridgehead atoms. The van der Waals surface area contributed by atoms with Crippen molar-refractivity contribution in [1.29, 1.82) is 5.26 Å². The number of nitrogens with zero attached hydrogens (tertiary/aromatic N) is 1. The predicted octanol–water partition coefficient (Wildman–Crippen LogP) is 2.61. The zero-order valence-electron chi connectivity index (χ0n) is 15.2. The standard InChI is InChI=1S/C19H27NO5/c1-4-18(2,3)17(22)25-15-8-13-7-12(15)9-19(13,10-20)11-24-14-5-6-23-16(14)21/h12-15H,4-9,11H2,1-3H3. The average molecular weight is 349 g/mol. The van der Waals surface area contributed by atoms with Gasteiger partial charge in [0.2, 0.25) is 0 Å². The van der Waals surface area contributed by atoms with Crippen LogP contribution in [0.3, 0.4) is 0 Å². The summed E-state index contributed by atoms with van der Waals surface area (Å²) in [4.78, 5) is 23.9. The van der Waals surface area contributed by atoms with Crippen molar-refractivity contribution in [3.63, 3.8) is 0 Å². The molecular weight excluding hydrogens is 322 g/mol. The van der Waals surface area contributed by atoms with E-state index >= 15 is 0 Å². The lowest BCUT2D eigenvalue weighted by Crippen LogP contribution is -2.40. The van der Waals surface area contributed by atoms with Crippen LogP contribution in [0, 0.1) is 34.0 Å². The molecule has 5 unspecified atom stereocenters. The smallest absolute Gasteiger partial charge is 0.335 e. The van der Waals surface area contributed by atoms with Crippen LogP contribution < -0.4 is 0 Å². The van der Waals surface area contributed by atoms with Gasteiger partial charge in [0.15, 0.2) is 6.10 Å². The van der Waals surface area contributed by atoms with Crippen molar-refractivity contribution in [2.45, 2.75) is 65.1 Å². The SMILES string of the molecule is CCC(C)(C)C(=O)OC1CC2CC1CC2(C#N)COC1CCOC1=O. The lowest BCUT2D eigenvalue weighted by molar-refractivity contribution is -0.164. The molecule has 0 spiro atoms. The van der Waals surface area contributed by atoms with Crippen LogP contribution in [-0.4, -0.2) is 37.4 Å². The second-order valence-electron chi connectivity index (χ2n) is 8.34. The topological polar surface area (TPSA) is 85.6 Å². The van der Waals surface area contributed by atoms with Crippen LogP contribution >= 0.6 is 0 Å². The Bertz CT molecular complexity index is 595. The van der Waals surface area contributed by atoms with Crippen LogP contribution in [0.5, 0.6) is 0 Å². The first-order chi connectivity index (χ1) is 11.8. The first-order valence-corrected chi connectivity index (χ1v) is 9.22. The van der Waals surface area contributed by atoms with E-state index in [-0.39, 0.29) is 36.5 Å². The van der Waals surface area contributed by atoms with Crippen molar-refractivity contribution in [3.8, 4) is 6.07 Å². The number of carbonyl (C=O) groups is 2. The summed E-state index contributed by atoms with van der Waals surface area (Å²) in [6.45, 7) is 6.42. The molecule has 3 fully saturated rings. The third-order valence-corrected chi connectivity index (χ3v) is 6.38. The zero-order valence-corrected chi connectivity index (χ0v) is 15.2. The van der Waals surface area contributed by atoms with Gasteiger partial charge in [-0.3, -0.25) is 4.79 Å². The van der Waals surface area contributed by atoms with Gasteiger partial charge < -0.3 is 14.2 Å². The fourth-order valence-corrected chi connectivity index (χ4v) is 4.20. The first-order valence-electron chi connectivity index (χ1n) is 9.22. The number of esters is 2. The molecule has 25 heavy (non-hydrogen) atoms. The van der Waals surface area contributed by atoms with Gasteiger partial charge in [0.25, 0.3) is 0 Å². The minimum atomic E-state index is -0.573. The number of nitriles is 1. The first kappa shape index (κ1) is 18.2. The summed E-state index contributed by atoms with van der Waals surface area (Å²) >= 11 is 0. The normalized spacial score (nSPS) is 37.0. The minimum absolute atomic E-state index is 0.0961. The van der Waals surface area contributed by atoms with E-state index in [0.29, 0.717) is 25.9 Å². The monoisotopic (exact) mass is 349 g/mol. The van der Waals surface area contributed by atoms with Crippen molar-refractivity contribution in [2.75, 3.05) is 13.2 Å². The molecular formula is C19H27NO5. The molecule has 2 saturated carbocycles. The molecule has 5 atom stereocenters. The van der Waals surface area contributed by atoms with Crippen LogP contribution in [-0.2, 0) is 23.8 Å². The van der Waals surface area contributed by atoms with Crippen molar-refractivity contribution in [2.24, 2.45) is 22.7 Å². The maximum atomic E-state index is 12.3. The van der Waals surface area contributed by atoms with Crippen molar-refractivity contribution in [1.82, 2.24) is 0 Å². The number of carbonyl (C=O) groups excluding carboxylic acids is 2. The molecule has 3 rings (SSSR count). The maximum Gasteiger partial charge on any atom is 0.335 e. The van der Waals surface area contributed by atoms with Crippen LogP contribution in [0.1, 0.15) is 52.9 Å². The number of fused-ring (bicyclic) bond motifs is 2. The summed E-state index contributed by atoms with van der Waals surface area (Å²) in [7, 11) is 0. The van der Waals surface area contributed by atoms with Gasteiger partial charge in [-0.05, 0) is 51.4 Å². The molecule has 0 aromatic heterocycles. The Morgan fingerprint density at radius 2 is 2.20 bits per heavy atom. The Hall–Kier alpha value is -1.61. The Kier molecular flexibility index (Phi) is 4.80. The van der Waals surface area contributed by atoms with Gasteiger partial charge in [0.05, 0.1) is 30.1 Å². The predicted molar refractivity (Wildman–Crippen MR) is 88.1 cm³/mol. The lowest BCUT2D eigenvalue weighted by Gasteiger charge is -2.35. The zero-order chi connectivity index (χ0) is 18.2. The van der Waals surface area contributed by atoms with Crippen molar-refractivity contribution >= 4 is 11.9 Å². The summed E-state index contributed by atoms with van der Waals surface area (Å²) < 4.78 is 16.4. The van der Waals surface area contributed by atoms with E-state index in [9.17, 15) is 14.9 Å². The van der Waals surface area contributed by atoms with Crippen molar-refractivity contribution < 1.29 is 23.8 Å². The largest absolute Gasteiger partial charge is 0.464 e. The van der Waals surface area contributed by atoms with Gasteiger partial charge in [0, 0.05) is 6.42 Å². The summed E-state index contributed by atoms with van der Waals surface area (Å²) in [5.74, 6) is -0.118. The maximum absolute atomic E-state index is 12.3. The van der Waals surface area contributed by atoms with E-state index < -0.39 is 16.9 Å². The Morgan fingerprint density at radius 1 is 1.44 bits per heavy atom. The molecule has 0 radical (unpaired) electrons. The highest BCUT2D eigenvalue weighted by Gasteiger charge is 2.57. The summed E-state index contributed by atoms with van der Waals surface area (Å²) in [6.07, 6.45) is 2.92. The van der Waals surface area contributed by atoms with E-state index in [1.165, 1.54) is 0 Å². The Labute approximate surface area is 148 Å². The van der Waals surface area contributed by atoms with Gasteiger partial charge in [-0.25, -0.2) is 4.79 Å². The molecule has 1 heterocycles. The number of hydrogen-bond donors (Lipinski definition) is 0. The lowest BCUT2D eigenvalue weighted by atomic mass is 9.74. The molecule has 6 heteroatoms. The van der Waals surface area contributed by atoms with E-state index in [2.05, 4.69) is 6.07 Å². The number of cyclic esters (lactones) is 1. The molecule has 138 valence electrons. The highest BCUT2D eigenvalue weighted by molar-refractivity contribution is 5.76. The molecule has 1 aliphatic heterocycles. The molecule has 0 aromatic carbocycles. The number of ether oxygens (including phenoxy) is 3. The molecule has 0 N–H and O–H groups in total. The average Bonchev–Trinajstić information content (AvgIpc) is 3.27. The summed E-state index contributed by atoms with van der Waals surface area (Å²) in [6, 6.07) is 2.45. The van der Waals surface area contributed by atoms with E-state index in [1.54, 1.807) is 0 Å².